The topological polar surface area (TPSA) is 7.94 Å². The van der Waals surface area contributed by atoms with Gasteiger partial charge in [0.15, 0.2) is 0 Å². The van der Waals surface area contributed by atoms with E-state index in [1.54, 1.807) is 0 Å². The van der Waals surface area contributed by atoms with Crippen molar-refractivity contribution < 1.29 is 4.58 Å². The van der Waals surface area contributed by atoms with E-state index in [0.29, 0.717) is 0 Å². The molecule has 0 saturated heterocycles. The first-order chi connectivity index (χ1) is 24.5. The van der Waals surface area contributed by atoms with Gasteiger partial charge in [0.2, 0.25) is 11.4 Å². The first kappa shape index (κ1) is 31.3. The number of nitrogens with zero attached hydrogens (tertiary/aromatic N) is 2. The Morgan fingerprint density at radius 3 is 2.00 bits per heavy atom. The molecule has 7 aromatic rings. The Hall–Kier alpha value is -4.74. The Bertz CT molecular complexity index is 2660. The smallest absolute Gasteiger partial charge is 0.214 e. The molecule has 5 heteroatoms. The highest BCUT2D eigenvalue weighted by atomic mass is 35.5. The summed E-state index contributed by atoms with van der Waals surface area (Å²) in [5, 5.41) is 8.56. The summed E-state index contributed by atoms with van der Waals surface area (Å²) in [7, 11) is 4.33. The van der Waals surface area contributed by atoms with E-state index in [1.165, 1.54) is 85.5 Å². The fraction of sp³-hybridized carbons (Fsp3) is 0.0889. The van der Waals surface area contributed by atoms with Crippen LogP contribution in [0.3, 0.4) is 0 Å². The molecule has 50 heavy (non-hydrogen) atoms. The Morgan fingerprint density at radius 1 is 0.640 bits per heavy atom. The Kier molecular flexibility index (Phi) is 8.04. The van der Waals surface area contributed by atoms with Gasteiger partial charge in [-0.25, -0.2) is 0 Å². The van der Waals surface area contributed by atoms with Crippen LogP contribution >= 0.6 is 35.1 Å². The Labute approximate surface area is 305 Å². The second-order valence-electron chi connectivity index (χ2n) is 12.9. The van der Waals surface area contributed by atoms with E-state index in [0.717, 1.165) is 17.9 Å². The molecule has 0 fully saturated rings. The zero-order valence-electron chi connectivity index (χ0n) is 27.9. The van der Waals surface area contributed by atoms with Gasteiger partial charge in [-0.2, -0.15) is 4.58 Å². The lowest BCUT2D eigenvalue weighted by Crippen LogP contribution is -2.11. The van der Waals surface area contributed by atoms with Crippen molar-refractivity contribution in [2.45, 2.75) is 32.4 Å². The third-order valence-electron chi connectivity index (χ3n) is 10.0. The fourth-order valence-corrected chi connectivity index (χ4v) is 9.75. The molecule has 2 heterocycles. The van der Waals surface area contributed by atoms with Crippen LogP contribution in [0.2, 0.25) is 0 Å². The zero-order chi connectivity index (χ0) is 33.8. The SMILES string of the molecule is Cn1/c(=C/C=C2\CCC(/C=C/C3=[N+](C)c4ccc(Sc5ccccc5)c5cccc3c45)=C2Cl)c2cccc3c(Sc4ccccc4)ccc1c32. The number of halogens is 1. The number of rotatable bonds is 7. The normalized spacial score (nSPS) is 15.8. The van der Waals surface area contributed by atoms with Gasteiger partial charge in [-0.3, -0.25) is 0 Å². The lowest BCUT2D eigenvalue weighted by Gasteiger charge is -2.07. The van der Waals surface area contributed by atoms with E-state index in [9.17, 15) is 0 Å². The lowest BCUT2D eigenvalue weighted by atomic mass is 10.0. The summed E-state index contributed by atoms with van der Waals surface area (Å²) in [6.45, 7) is 0. The maximum absolute atomic E-state index is 7.11. The van der Waals surface area contributed by atoms with Gasteiger partial charge in [-0.15, -0.1) is 0 Å². The average molecular weight is 702 g/mol. The van der Waals surface area contributed by atoms with Crippen LogP contribution in [-0.4, -0.2) is 21.9 Å². The molecule has 0 unspecified atom stereocenters. The van der Waals surface area contributed by atoms with E-state index >= 15 is 0 Å². The average Bonchev–Trinajstić information content (AvgIpc) is 3.74. The van der Waals surface area contributed by atoms with Crippen LogP contribution in [0.15, 0.2) is 175 Å². The molecule has 0 saturated carbocycles. The largest absolute Gasteiger partial charge is 0.344 e. The number of allylic oxidation sites excluding steroid dienone is 6. The highest BCUT2D eigenvalue weighted by Crippen LogP contribution is 2.42. The van der Waals surface area contributed by atoms with Crippen molar-refractivity contribution in [3.63, 3.8) is 0 Å². The monoisotopic (exact) mass is 701 g/mol. The van der Waals surface area contributed by atoms with Crippen molar-refractivity contribution in [2.24, 2.45) is 7.05 Å². The minimum atomic E-state index is 0.870. The standard InChI is InChI=1S/C45H34ClN2S2/c1-47-37(33-15-9-17-35-41(27-25-39(47)43(33)35)49-31-11-5-3-6-12-31)23-21-29-19-20-30(45(29)46)22-24-38-34-16-10-18-36-42(50-32-13-7-4-8-14-32)28-26-40(44(34)36)48(38)2/h3-18,21-28H,19-20H2,1-2H3/q+1. The molecule has 6 aromatic carbocycles. The summed E-state index contributed by atoms with van der Waals surface area (Å²) in [6.07, 6.45) is 10.8. The summed E-state index contributed by atoms with van der Waals surface area (Å²) in [4.78, 5) is 5.05. The van der Waals surface area contributed by atoms with Gasteiger partial charge in [0.1, 0.15) is 7.05 Å². The van der Waals surface area contributed by atoms with E-state index in [1.807, 2.05) is 23.5 Å². The lowest BCUT2D eigenvalue weighted by molar-refractivity contribution is -0.399. The van der Waals surface area contributed by atoms with Crippen molar-refractivity contribution >= 4 is 85.0 Å². The van der Waals surface area contributed by atoms with Crippen LogP contribution in [0, 0.1) is 0 Å². The number of hydrogen-bond acceptors (Lipinski definition) is 2. The van der Waals surface area contributed by atoms with E-state index in [4.69, 9.17) is 11.6 Å². The molecule has 2 aliphatic rings. The molecule has 0 amide bonds. The predicted molar refractivity (Wildman–Crippen MR) is 214 cm³/mol. The molecule has 1 aliphatic carbocycles. The van der Waals surface area contributed by atoms with Crippen LogP contribution < -0.4 is 5.35 Å². The maximum Gasteiger partial charge on any atom is 0.214 e. The molecule has 0 bridgehead atoms. The number of aromatic nitrogens is 1. The second-order valence-corrected chi connectivity index (χ2v) is 15.5. The summed E-state index contributed by atoms with van der Waals surface area (Å²) in [5.41, 5.74) is 7.34. The molecule has 0 spiro atoms. The molecule has 9 rings (SSSR count). The third kappa shape index (κ3) is 5.34. The van der Waals surface area contributed by atoms with E-state index in [2.05, 4.69) is 169 Å². The van der Waals surface area contributed by atoms with Crippen LogP contribution in [0.1, 0.15) is 18.4 Å². The summed E-state index contributed by atoms with van der Waals surface area (Å²) >= 11 is 10.8. The summed E-state index contributed by atoms with van der Waals surface area (Å²) in [6, 6.07) is 43.6. The quantitative estimate of drug-likeness (QED) is 0.153. The van der Waals surface area contributed by atoms with Gasteiger partial charge in [0.25, 0.3) is 0 Å². The molecule has 1 aromatic heterocycles. The molecule has 0 atom stereocenters. The van der Waals surface area contributed by atoms with Crippen molar-refractivity contribution in [3.05, 3.63) is 167 Å². The highest BCUT2D eigenvalue weighted by molar-refractivity contribution is 7.99. The van der Waals surface area contributed by atoms with Crippen LogP contribution in [0.4, 0.5) is 5.69 Å². The first-order valence-corrected chi connectivity index (χ1v) is 19.0. The van der Waals surface area contributed by atoms with Crippen LogP contribution in [-0.2, 0) is 7.05 Å². The molecule has 1 aliphatic heterocycles. The summed E-state index contributed by atoms with van der Waals surface area (Å²) in [5.74, 6) is 0. The van der Waals surface area contributed by atoms with Crippen LogP contribution in [0.25, 0.3) is 38.5 Å². The number of aryl methyl sites for hydroxylation is 1. The summed E-state index contributed by atoms with van der Waals surface area (Å²) < 4.78 is 4.63. The molecular weight excluding hydrogens is 668 g/mol. The number of benzene rings is 6. The molecular formula is C45H34ClN2S2+. The van der Waals surface area contributed by atoms with Crippen molar-refractivity contribution in [3.8, 4) is 0 Å². The molecule has 2 nitrogen and oxygen atoms in total. The van der Waals surface area contributed by atoms with Crippen molar-refractivity contribution in [2.75, 3.05) is 7.05 Å². The molecule has 242 valence electrons. The minimum absolute atomic E-state index is 0.870. The van der Waals surface area contributed by atoms with Gasteiger partial charge in [-0.05, 0) is 84.0 Å². The van der Waals surface area contributed by atoms with Gasteiger partial charge in [0, 0.05) is 70.8 Å². The van der Waals surface area contributed by atoms with Gasteiger partial charge < -0.3 is 4.57 Å². The van der Waals surface area contributed by atoms with Crippen molar-refractivity contribution in [1.82, 2.24) is 4.57 Å². The van der Waals surface area contributed by atoms with Gasteiger partial charge in [0.05, 0.1) is 10.9 Å². The van der Waals surface area contributed by atoms with Crippen LogP contribution in [0.5, 0.6) is 0 Å². The van der Waals surface area contributed by atoms with Gasteiger partial charge >= 0.3 is 0 Å². The van der Waals surface area contributed by atoms with E-state index in [-0.39, 0.29) is 0 Å². The van der Waals surface area contributed by atoms with Crippen molar-refractivity contribution in [1.29, 1.82) is 0 Å². The number of hydrogen-bond donors (Lipinski definition) is 0. The second kappa shape index (κ2) is 12.9. The van der Waals surface area contributed by atoms with Gasteiger partial charge in [-0.1, -0.05) is 114 Å². The molecule has 0 N–H and O–H groups in total. The zero-order valence-corrected chi connectivity index (χ0v) is 30.2. The molecule has 0 radical (unpaired) electrons. The Morgan fingerprint density at radius 2 is 1.28 bits per heavy atom. The fourth-order valence-electron chi connectivity index (χ4n) is 7.51. The predicted octanol–water partition coefficient (Wildman–Crippen LogP) is 11.8. The first-order valence-electron chi connectivity index (χ1n) is 17.0. The maximum atomic E-state index is 7.11. The Balaban J connectivity index is 1.03. The third-order valence-corrected chi connectivity index (χ3v) is 12.7. The van der Waals surface area contributed by atoms with E-state index < -0.39 is 0 Å². The highest BCUT2D eigenvalue weighted by Gasteiger charge is 2.29. The minimum Gasteiger partial charge on any atom is -0.344 e.